The van der Waals surface area contributed by atoms with Crippen LogP contribution in [0.3, 0.4) is 0 Å². The maximum atomic E-state index is 13.5. The van der Waals surface area contributed by atoms with Crippen molar-refractivity contribution in [3.63, 3.8) is 0 Å². The van der Waals surface area contributed by atoms with Gasteiger partial charge in [-0.15, -0.1) is 0 Å². The van der Waals surface area contributed by atoms with Gasteiger partial charge < -0.3 is 9.64 Å². The summed E-state index contributed by atoms with van der Waals surface area (Å²) in [7, 11) is 0. The van der Waals surface area contributed by atoms with E-state index < -0.39 is 17.7 Å². The van der Waals surface area contributed by atoms with Crippen LogP contribution >= 0.6 is 34.8 Å². The maximum absolute atomic E-state index is 13.5. The fourth-order valence-electron chi connectivity index (χ4n) is 3.35. The molecule has 3 aromatic carbocycles. The Balaban J connectivity index is 1.96. The van der Waals surface area contributed by atoms with Gasteiger partial charge >= 0.3 is 0 Å². The molecule has 0 spiro atoms. The van der Waals surface area contributed by atoms with Crippen LogP contribution < -0.4 is 9.64 Å². The molecule has 1 atom stereocenters. The third-order valence-electron chi connectivity index (χ3n) is 4.82. The number of hydrogen-bond acceptors (Lipinski definition) is 2. The lowest BCUT2D eigenvalue weighted by Gasteiger charge is -2.33. The molecule has 0 aliphatic rings. The fraction of sp³-hybridized carbons (Fsp3) is 0.208. The number of carbonyl (C=O) groups is 1. The van der Waals surface area contributed by atoms with E-state index in [1.807, 2.05) is 6.92 Å². The molecule has 0 aliphatic carbocycles. The Hall–Kier alpha value is -2.34. The van der Waals surface area contributed by atoms with Crippen LogP contribution in [-0.4, -0.2) is 12.5 Å². The van der Waals surface area contributed by atoms with E-state index in [9.17, 15) is 13.6 Å². The van der Waals surface area contributed by atoms with Gasteiger partial charge in [0, 0.05) is 26.8 Å². The number of anilines is 1. The molecule has 1 unspecified atom stereocenters. The van der Waals surface area contributed by atoms with Crippen molar-refractivity contribution >= 4 is 46.4 Å². The van der Waals surface area contributed by atoms with E-state index in [4.69, 9.17) is 39.5 Å². The van der Waals surface area contributed by atoms with Gasteiger partial charge in [0.15, 0.2) is 18.2 Å². The monoisotopic (exact) mass is 497 g/mol. The zero-order valence-corrected chi connectivity index (χ0v) is 19.4. The van der Waals surface area contributed by atoms with Gasteiger partial charge in [0.25, 0.3) is 5.91 Å². The lowest BCUT2D eigenvalue weighted by Crippen LogP contribution is -2.38. The zero-order chi connectivity index (χ0) is 23.3. The first-order valence-corrected chi connectivity index (χ1v) is 11.0. The Bertz CT molecular complexity index is 1090. The van der Waals surface area contributed by atoms with Crippen LogP contribution in [0.1, 0.15) is 31.4 Å². The first-order chi connectivity index (χ1) is 15.3. The first-order valence-electron chi connectivity index (χ1n) is 9.90. The minimum Gasteiger partial charge on any atom is -0.484 e. The standard InChI is InChI=1S/C24H20Cl3F2NO2/c1-2-3-23(19-10-6-16(26)12-20(19)27)30(17-7-4-15(25)5-8-17)24(31)14-32-18-9-11-21(28)22(29)13-18/h4-13,23H,2-3,14H2,1H3. The predicted molar refractivity (Wildman–Crippen MR) is 125 cm³/mol. The van der Waals surface area contributed by atoms with Crippen LogP contribution in [0.2, 0.25) is 15.1 Å². The van der Waals surface area contributed by atoms with Crippen molar-refractivity contribution in [3.8, 4) is 5.75 Å². The molecule has 3 rings (SSSR count). The van der Waals surface area contributed by atoms with Crippen molar-refractivity contribution in [2.24, 2.45) is 0 Å². The normalized spacial score (nSPS) is 11.8. The van der Waals surface area contributed by atoms with Gasteiger partial charge in [-0.05, 0) is 60.5 Å². The smallest absolute Gasteiger partial charge is 0.265 e. The Kier molecular flexibility index (Phi) is 8.35. The Morgan fingerprint density at radius 3 is 2.25 bits per heavy atom. The summed E-state index contributed by atoms with van der Waals surface area (Å²) in [4.78, 5) is 14.9. The van der Waals surface area contributed by atoms with Crippen molar-refractivity contribution in [3.05, 3.63) is 92.9 Å². The summed E-state index contributed by atoms with van der Waals surface area (Å²) in [5, 5.41) is 1.44. The molecule has 0 N–H and O–H groups in total. The highest BCUT2D eigenvalue weighted by Crippen LogP contribution is 2.36. The summed E-state index contributed by atoms with van der Waals surface area (Å²) in [6.07, 6.45) is 1.38. The lowest BCUT2D eigenvalue weighted by atomic mass is 9.99. The molecule has 168 valence electrons. The molecule has 32 heavy (non-hydrogen) atoms. The number of benzene rings is 3. The highest BCUT2D eigenvalue weighted by molar-refractivity contribution is 6.35. The zero-order valence-electron chi connectivity index (χ0n) is 17.1. The Morgan fingerprint density at radius 1 is 0.938 bits per heavy atom. The molecule has 3 nitrogen and oxygen atoms in total. The third-order valence-corrected chi connectivity index (χ3v) is 5.64. The van der Waals surface area contributed by atoms with E-state index in [0.29, 0.717) is 27.2 Å². The Morgan fingerprint density at radius 2 is 1.62 bits per heavy atom. The molecule has 0 radical (unpaired) electrons. The average molecular weight is 499 g/mol. The topological polar surface area (TPSA) is 29.5 Å². The van der Waals surface area contributed by atoms with E-state index in [-0.39, 0.29) is 18.3 Å². The molecular weight excluding hydrogens is 479 g/mol. The molecule has 0 heterocycles. The van der Waals surface area contributed by atoms with Crippen molar-refractivity contribution in [2.45, 2.75) is 25.8 Å². The maximum Gasteiger partial charge on any atom is 0.265 e. The number of halogens is 5. The summed E-state index contributed by atoms with van der Waals surface area (Å²) >= 11 is 18.6. The van der Waals surface area contributed by atoms with Crippen molar-refractivity contribution in [2.75, 3.05) is 11.5 Å². The van der Waals surface area contributed by atoms with E-state index in [0.717, 1.165) is 24.1 Å². The minimum atomic E-state index is -1.05. The van der Waals surface area contributed by atoms with E-state index >= 15 is 0 Å². The highest BCUT2D eigenvalue weighted by atomic mass is 35.5. The second-order valence-corrected chi connectivity index (χ2v) is 8.36. The predicted octanol–water partition coefficient (Wildman–Crippen LogP) is 7.88. The number of amides is 1. The van der Waals surface area contributed by atoms with Gasteiger partial charge in [0.05, 0.1) is 6.04 Å². The number of nitrogens with zero attached hydrogens (tertiary/aromatic N) is 1. The quantitative estimate of drug-likeness (QED) is 0.316. The molecule has 8 heteroatoms. The van der Waals surface area contributed by atoms with Gasteiger partial charge in [-0.25, -0.2) is 8.78 Å². The number of hydrogen-bond donors (Lipinski definition) is 0. The van der Waals surface area contributed by atoms with Gasteiger partial charge in [0.2, 0.25) is 0 Å². The van der Waals surface area contributed by atoms with Crippen molar-refractivity contribution in [1.29, 1.82) is 0 Å². The summed E-state index contributed by atoms with van der Waals surface area (Å²) in [6.45, 7) is 1.61. The molecule has 0 fully saturated rings. The first kappa shape index (κ1) is 24.3. The van der Waals surface area contributed by atoms with Crippen LogP contribution in [-0.2, 0) is 4.79 Å². The SMILES string of the molecule is CCCC(c1ccc(Cl)cc1Cl)N(C(=O)COc1ccc(F)c(F)c1)c1ccc(Cl)cc1. The molecule has 0 saturated carbocycles. The van der Waals surface area contributed by atoms with E-state index in [1.54, 1.807) is 47.4 Å². The number of carbonyl (C=O) groups excluding carboxylic acids is 1. The Labute approximate surface area is 200 Å². The fourth-order valence-corrected chi connectivity index (χ4v) is 4.01. The summed E-state index contributed by atoms with van der Waals surface area (Å²) < 4.78 is 32.2. The molecule has 0 bridgehead atoms. The molecular formula is C24H20Cl3F2NO2. The number of rotatable bonds is 8. The van der Waals surface area contributed by atoms with Crippen LogP contribution in [0.15, 0.2) is 60.7 Å². The van der Waals surface area contributed by atoms with Crippen LogP contribution in [0, 0.1) is 11.6 Å². The van der Waals surface area contributed by atoms with Gasteiger partial charge in [-0.3, -0.25) is 4.79 Å². The summed E-state index contributed by atoms with van der Waals surface area (Å²) in [5.74, 6) is -2.39. The van der Waals surface area contributed by atoms with Crippen molar-refractivity contribution in [1.82, 2.24) is 0 Å². The van der Waals surface area contributed by atoms with Crippen LogP contribution in [0.25, 0.3) is 0 Å². The van der Waals surface area contributed by atoms with Crippen molar-refractivity contribution < 1.29 is 18.3 Å². The van der Waals surface area contributed by atoms with Gasteiger partial charge in [0.1, 0.15) is 5.75 Å². The minimum absolute atomic E-state index is 0.0462. The highest BCUT2D eigenvalue weighted by Gasteiger charge is 2.28. The van der Waals surface area contributed by atoms with E-state index in [1.165, 1.54) is 6.07 Å². The average Bonchev–Trinajstić information content (AvgIpc) is 2.76. The molecule has 1 amide bonds. The van der Waals surface area contributed by atoms with Gasteiger partial charge in [-0.1, -0.05) is 54.2 Å². The third kappa shape index (κ3) is 5.91. The molecule has 3 aromatic rings. The van der Waals surface area contributed by atoms with E-state index in [2.05, 4.69) is 0 Å². The summed E-state index contributed by atoms with van der Waals surface area (Å²) in [5.41, 5.74) is 1.33. The largest absolute Gasteiger partial charge is 0.484 e. The second-order valence-electron chi connectivity index (χ2n) is 7.08. The van der Waals surface area contributed by atoms with Gasteiger partial charge in [-0.2, -0.15) is 0 Å². The molecule has 0 aliphatic heterocycles. The second kappa shape index (κ2) is 11.0. The number of ether oxygens (including phenoxy) is 1. The van der Waals surface area contributed by atoms with Crippen LogP contribution in [0.5, 0.6) is 5.75 Å². The van der Waals surface area contributed by atoms with Crippen LogP contribution in [0.4, 0.5) is 14.5 Å². The lowest BCUT2D eigenvalue weighted by molar-refractivity contribution is -0.121. The molecule has 0 aromatic heterocycles. The summed E-state index contributed by atoms with van der Waals surface area (Å²) in [6, 6.07) is 14.6. The molecule has 0 saturated heterocycles.